The molecule has 1 N–H and O–H groups in total. The molecule has 0 aliphatic rings. The highest BCUT2D eigenvalue weighted by molar-refractivity contribution is 9.10. The van der Waals surface area contributed by atoms with Gasteiger partial charge in [0.1, 0.15) is 5.76 Å². The van der Waals surface area contributed by atoms with Crippen LogP contribution in [0.5, 0.6) is 0 Å². The Labute approximate surface area is 120 Å². The van der Waals surface area contributed by atoms with Crippen molar-refractivity contribution in [3.05, 3.63) is 64.5 Å². The van der Waals surface area contributed by atoms with E-state index < -0.39 is 0 Å². The van der Waals surface area contributed by atoms with Crippen LogP contribution in [0.2, 0.25) is 0 Å². The van der Waals surface area contributed by atoms with Gasteiger partial charge in [-0.1, -0.05) is 28.1 Å². The third kappa shape index (κ3) is 4.10. The van der Waals surface area contributed by atoms with E-state index in [4.69, 9.17) is 4.42 Å². The molecule has 1 atom stereocenters. The minimum absolute atomic E-state index is 0.144. The fourth-order valence-electron chi connectivity index (χ4n) is 1.65. The van der Waals surface area contributed by atoms with Gasteiger partial charge in [-0.15, -0.1) is 0 Å². The summed E-state index contributed by atoms with van der Waals surface area (Å²) < 4.78 is 6.21. The lowest BCUT2D eigenvalue weighted by atomic mass is 10.2. The second-order valence-electron chi connectivity index (χ2n) is 4.13. The Morgan fingerprint density at radius 1 is 1.37 bits per heavy atom. The third-order valence-corrected chi connectivity index (χ3v) is 3.10. The van der Waals surface area contributed by atoms with E-state index in [1.54, 1.807) is 18.4 Å². The van der Waals surface area contributed by atoms with Crippen LogP contribution < -0.4 is 5.32 Å². The summed E-state index contributed by atoms with van der Waals surface area (Å²) in [6, 6.07) is 11.2. The summed E-state index contributed by atoms with van der Waals surface area (Å²) in [6.07, 6.45) is 4.88. The molecule has 0 radical (unpaired) electrons. The van der Waals surface area contributed by atoms with Crippen molar-refractivity contribution in [1.82, 2.24) is 5.32 Å². The van der Waals surface area contributed by atoms with Crippen LogP contribution in [0.1, 0.15) is 24.3 Å². The zero-order chi connectivity index (χ0) is 13.7. The van der Waals surface area contributed by atoms with Gasteiger partial charge in [0.15, 0.2) is 0 Å². The molecule has 1 aromatic heterocycles. The van der Waals surface area contributed by atoms with Gasteiger partial charge in [-0.3, -0.25) is 4.79 Å². The lowest BCUT2D eigenvalue weighted by molar-refractivity contribution is -0.117. The van der Waals surface area contributed by atoms with Crippen LogP contribution in [-0.4, -0.2) is 5.91 Å². The number of carbonyl (C=O) groups excluding carboxylic acids is 1. The van der Waals surface area contributed by atoms with Crippen molar-refractivity contribution in [1.29, 1.82) is 0 Å². The number of halogens is 1. The third-order valence-electron chi connectivity index (χ3n) is 2.60. The summed E-state index contributed by atoms with van der Waals surface area (Å²) >= 11 is 3.39. The first-order valence-electron chi connectivity index (χ1n) is 5.93. The molecular weight excluding hydrogens is 306 g/mol. The molecule has 1 amide bonds. The number of carbonyl (C=O) groups is 1. The highest BCUT2D eigenvalue weighted by atomic mass is 79.9. The van der Waals surface area contributed by atoms with Gasteiger partial charge in [-0.05, 0) is 42.8 Å². The predicted octanol–water partition coefficient (Wildman–Crippen LogP) is 3.93. The molecule has 2 rings (SSSR count). The zero-order valence-corrected chi connectivity index (χ0v) is 12.1. The summed E-state index contributed by atoms with van der Waals surface area (Å²) in [5, 5.41) is 2.84. The summed E-state index contributed by atoms with van der Waals surface area (Å²) in [7, 11) is 0. The smallest absolute Gasteiger partial charge is 0.244 e. The minimum Gasteiger partial charge on any atom is -0.467 e. The molecule has 0 aliphatic carbocycles. The Morgan fingerprint density at radius 2 is 2.21 bits per heavy atom. The van der Waals surface area contributed by atoms with Gasteiger partial charge in [-0.2, -0.15) is 0 Å². The number of furan rings is 1. The van der Waals surface area contributed by atoms with Gasteiger partial charge in [0, 0.05) is 10.5 Å². The molecule has 3 nitrogen and oxygen atoms in total. The van der Waals surface area contributed by atoms with E-state index in [9.17, 15) is 4.79 Å². The zero-order valence-electron chi connectivity index (χ0n) is 10.5. The van der Waals surface area contributed by atoms with Gasteiger partial charge in [0.2, 0.25) is 5.91 Å². The number of rotatable bonds is 4. The Balaban J connectivity index is 1.94. The average Bonchev–Trinajstić information content (AvgIpc) is 2.90. The number of hydrogen-bond acceptors (Lipinski definition) is 2. The van der Waals surface area contributed by atoms with Gasteiger partial charge in [0.05, 0.1) is 12.3 Å². The first-order chi connectivity index (χ1) is 9.15. The lowest BCUT2D eigenvalue weighted by Crippen LogP contribution is -2.24. The van der Waals surface area contributed by atoms with Crippen LogP contribution in [0.3, 0.4) is 0 Å². The Kier molecular flexibility index (Phi) is 4.58. The number of amides is 1. The maximum Gasteiger partial charge on any atom is 0.244 e. The summed E-state index contributed by atoms with van der Waals surface area (Å²) in [5.74, 6) is 0.591. The largest absolute Gasteiger partial charge is 0.467 e. The lowest BCUT2D eigenvalue weighted by Gasteiger charge is -2.08. The molecule has 19 heavy (non-hydrogen) atoms. The monoisotopic (exact) mass is 319 g/mol. The van der Waals surface area contributed by atoms with Crippen LogP contribution in [-0.2, 0) is 4.79 Å². The molecule has 0 unspecified atom stereocenters. The van der Waals surface area contributed by atoms with Crippen LogP contribution in [0.4, 0.5) is 0 Å². The van der Waals surface area contributed by atoms with Crippen molar-refractivity contribution in [2.75, 3.05) is 0 Å². The van der Waals surface area contributed by atoms with Crippen LogP contribution in [0, 0.1) is 0 Å². The van der Waals surface area contributed by atoms with Gasteiger partial charge < -0.3 is 9.73 Å². The molecule has 0 fully saturated rings. The van der Waals surface area contributed by atoms with E-state index in [2.05, 4.69) is 21.2 Å². The SMILES string of the molecule is C[C@H](NC(=O)/C=C/c1cccc(Br)c1)c1ccco1. The second-order valence-corrected chi connectivity index (χ2v) is 5.05. The van der Waals surface area contributed by atoms with E-state index in [0.29, 0.717) is 0 Å². The Hall–Kier alpha value is -1.81. The topological polar surface area (TPSA) is 42.2 Å². The molecule has 2 aromatic rings. The van der Waals surface area contributed by atoms with E-state index in [-0.39, 0.29) is 11.9 Å². The molecular formula is C15H14BrNO2. The second kappa shape index (κ2) is 6.38. The number of hydrogen-bond donors (Lipinski definition) is 1. The van der Waals surface area contributed by atoms with Crippen LogP contribution in [0.15, 0.2) is 57.6 Å². The fourth-order valence-corrected chi connectivity index (χ4v) is 2.07. The summed E-state index contributed by atoms with van der Waals surface area (Å²) in [4.78, 5) is 11.8. The standard InChI is InChI=1S/C15H14BrNO2/c1-11(14-6-3-9-19-14)17-15(18)8-7-12-4-2-5-13(16)10-12/h2-11H,1H3,(H,17,18)/b8-7+/t11-/m0/s1. The Morgan fingerprint density at radius 3 is 2.89 bits per heavy atom. The van der Waals surface area contributed by atoms with Crippen molar-refractivity contribution in [2.45, 2.75) is 13.0 Å². The molecule has 1 aromatic carbocycles. The molecule has 0 spiro atoms. The quantitative estimate of drug-likeness (QED) is 0.867. The van der Waals surface area contributed by atoms with Gasteiger partial charge in [0.25, 0.3) is 0 Å². The average molecular weight is 320 g/mol. The van der Waals surface area contributed by atoms with Crippen molar-refractivity contribution in [3.8, 4) is 0 Å². The molecule has 4 heteroatoms. The van der Waals surface area contributed by atoms with Crippen molar-refractivity contribution in [3.63, 3.8) is 0 Å². The van der Waals surface area contributed by atoms with Crippen LogP contribution in [0.25, 0.3) is 6.08 Å². The molecule has 1 heterocycles. The van der Waals surface area contributed by atoms with Gasteiger partial charge in [-0.25, -0.2) is 0 Å². The van der Waals surface area contributed by atoms with Crippen LogP contribution >= 0.6 is 15.9 Å². The minimum atomic E-state index is -0.149. The van der Waals surface area contributed by atoms with E-state index >= 15 is 0 Å². The molecule has 0 aliphatic heterocycles. The number of nitrogens with one attached hydrogen (secondary N) is 1. The first kappa shape index (κ1) is 13.6. The molecule has 0 saturated heterocycles. The maximum atomic E-state index is 11.8. The first-order valence-corrected chi connectivity index (χ1v) is 6.72. The maximum absolute atomic E-state index is 11.8. The Bertz CT molecular complexity index is 576. The highest BCUT2D eigenvalue weighted by Gasteiger charge is 2.09. The van der Waals surface area contributed by atoms with Gasteiger partial charge >= 0.3 is 0 Å². The number of benzene rings is 1. The molecule has 98 valence electrons. The highest BCUT2D eigenvalue weighted by Crippen LogP contribution is 2.14. The predicted molar refractivity (Wildman–Crippen MR) is 78.4 cm³/mol. The molecule has 0 bridgehead atoms. The summed E-state index contributed by atoms with van der Waals surface area (Å²) in [5.41, 5.74) is 0.968. The van der Waals surface area contributed by atoms with E-state index in [1.165, 1.54) is 6.08 Å². The van der Waals surface area contributed by atoms with E-state index in [0.717, 1.165) is 15.8 Å². The van der Waals surface area contributed by atoms with Crippen molar-refractivity contribution in [2.24, 2.45) is 0 Å². The summed E-state index contributed by atoms with van der Waals surface area (Å²) in [6.45, 7) is 1.88. The fraction of sp³-hybridized carbons (Fsp3) is 0.133. The normalized spacial score (nSPS) is 12.5. The molecule has 0 saturated carbocycles. The van der Waals surface area contributed by atoms with Crippen molar-refractivity contribution >= 4 is 27.9 Å². The van der Waals surface area contributed by atoms with Crippen molar-refractivity contribution < 1.29 is 9.21 Å². The van der Waals surface area contributed by atoms with E-state index in [1.807, 2.05) is 37.3 Å².